The highest BCUT2D eigenvalue weighted by Gasteiger charge is 2.37. The number of aryl methyl sites for hydroxylation is 1. The molecule has 0 bridgehead atoms. The molecule has 1 fully saturated rings. The minimum absolute atomic E-state index is 0.0309. The van der Waals surface area contributed by atoms with Crippen LogP contribution in [0.5, 0.6) is 0 Å². The summed E-state index contributed by atoms with van der Waals surface area (Å²) in [6.45, 7) is 8.09. The first-order valence-corrected chi connectivity index (χ1v) is 7.11. The van der Waals surface area contributed by atoms with Crippen LogP contribution in [0.2, 0.25) is 0 Å². The highest BCUT2D eigenvalue weighted by atomic mass is 15.3. The number of para-hydroxylation sites is 1. The summed E-state index contributed by atoms with van der Waals surface area (Å²) >= 11 is 0. The molecule has 1 aromatic carbocycles. The molecule has 0 radical (unpaired) electrons. The molecule has 2 N–H and O–H groups in total. The Morgan fingerprint density at radius 1 is 1.26 bits per heavy atom. The fourth-order valence-corrected chi connectivity index (χ4v) is 2.95. The molecule has 1 aromatic heterocycles. The number of aromatic nitrogens is 2. The molecule has 1 saturated heterocycles. The molecule has 0 atom stereocenters. The van der Waals surface area contributed by atoms with Crippen molar-refractivity contribution in [1.82, 2.24) is 14.7 Å². The Hall–Kier alpha value is -1.39. The zero-order chi connectivity index (χ0) is 13.5. The molecule has 2 heterocycles. The van der Waals surface area contributed by atoms with Crippen LogP contribution in [0.4, 0.5) is 0 Å². The molecule has 4 heteroatoms. The highest BCUT2D eigenvalue weighted by molar-refractivity contribution is 5.81. The summed E-state index contributed by atoms with van der Waals surface area (Å²) in [5.74, 6) is 0. The Kier molecular flexibility index (Phi) is 3.07. The van der Waals surface area contributed by atoms with Crippen LogP contribution in [-0.2, 0) is 13.1 Å². The lowest BCUT2D eigenvalue weighted by Crippen LogP contribution is -2.66. The minimum Gasteiger partial charge on any atom is -0.323 e. The average Bonchev–Trinajstić information content (AvgIpc) is 2.75. The fourth-order valence-electron chi connectivity index (χ4n) is 2.95. The molecule has 1 aliphatic heterocycles. The molecule has 3 rings (SSSR count). The van der Waals surface area contributed by atoms with E-state index in [0.29, 0.717) is 0 Å². The second-order valence-corrected chi connectivity index (χ2v) is 5.64. The molecule has 4 nitrogen and oxygen atoms in total. The van der Waals surface area contributed by atoms with Gasteiger partial charge < -0.3 is 5.73 Å². The van der Waals surface area contributed by atoms with Crippen LogP contribution in [0, 0.1) is 0 Å². The maximum absolute atomic E-state index is 6.22. The lowest BCUT2D eigenvalue weighted by atomic mass is 9.88. The van der Waals surface area contributed by atoms with Gasteiger partial charge in [-0.2, -0.15) is 5.10 Å². The molecular weight excluding hydrogens is 236 g/mol. The Balaban J connectivity index is 1.82. The fraction of sp³-hybridized carbons (Fsp3) is 0.533. The van der Waals surface area contributed by atoms with Gasteiger partial charge in [0.05, 0.1) is 11.2 Å². The molecule has 102 valence electrons. The van der Waals surface area contributed by atoms with Crippen molar-refractivity contribution < 1.29 is 0 Å². The first-order chi connectivity index (χ1) is 9.15. The number of nitrogens with zero attached hydrogens (tertiary/aromatic N) is 3. The zero-order valence-electron chi connectivity index (χ0n) is 11.8. The van der Waals surface area contributed by atoms with Crippen molar-refractivity contribution in [3.63, 3.8) is 0 Å². The van der Waals surface area contributed by atoms with E-state index >= 15 is 0 Å². The van der Waals surface area contributed by atoms with Crippen molar-refractivity contribution in [3.8, 4) is 0 Å². The van der Waals surface area contributed by atoms with E-state index in [1.165, 1.54) is 16.6 Å². The quantitative estimate of drug-likeness (QED) is 0.912. The Morgan fingerprint density at radius 2 is 2.00 bits per heavy atom. The van der Waals surface area contributed by atoms with E-state index in [1.54, 1.807) is 0 Å². The number of fused-ring (bicyclic) bond motifs is 1. The smallest absolute Gasteiger partial charge is 0.0843 e. The second-order valence-electron chi connectivity index (χ2n) is 5.64. The SMILES string of the molecule is CCn1nc(CN2CC(N)(CC)C2)c2ccccc21. The van der Waals surface area contributed by atoms with Crippen LogP contribution in [0.1, 0.15) is 26.0 Å². The van der Waals surface area contributed by atoms with Crippen molar-refractivity contribution in [2.75, 3.05) is 13.1 Å². The van der Waals surface area contributed by atoms with Gasteiger partial charge in [-0.25, -0.2) is 0 Å². The molecule has 2 aromatic rings. The number of hydrogen-bond acceptors (Lipinski definition) is 3. The largest absolute Gasteiger partial charge is 0.323 e. The molecule has 0 aliphatic carbocycles. The van der Waals surface area contributed by atoms with Crippen molar-refractivity contribution in [1.29, 1.82) is 0 Å². The van der Waals surface area contributed by atoms with Gasteiger partial charge in [-0.1, -0.05) is 25.1 Å². The minimum atomic E-state index is 0.0309. The van der Waals surface area contributed by atoms with Gasteiger partial charge in [0.25, 0.3) is 0 Å². The number of benzene rings is 1. The van der Waals surface area contributed by atoms with Gasteiger partial charge in [-0.15, -0.1) is 0 Å². The standard InChI is InChI=1S/C15H22N4/c1-3-15(16)10-18(11-15)9-13-12-7-5-6-8-14(12)19(4-2)17-13/h5-8H,3-4,9-11,16H2,1-2H3. The van der Waals surface area contributed by atoms with Crippen LogP contribution in [0.3, 0.4) is 0 Å². The van der Waals surface area contributed by atoms with E-state index in [2.05, 4.69) is 47.7 Å². The summed E-state index contributed by atoms with van der Waals surface area (Å²) in [6.07, 6.45) is 1.05. The van der Waals surface area contributed by atoms with Crippen molar-refractivity contribution in [2.24, 2.45) is 5.73 Å². The van der Waals surface area contributed by atoms with Gasteiger partial charge >= 0.3 is 0 Å². The third-order valence-electron chi connectivity index (χ3n) is 4.19. The Morgan fingerprint density at radius 3 is 2.68 bits per heavy atom. The first kappa shape index (κ1) is 12.6. The molecule has 0 amide bonds. The van der Waals surface area contributed by atoms with Gasteiger partial charge in [-0.3, -0.25) is 9.58 Å². The predicted octanol–water partition coefficient (Wildman–Crippen LogP) is 1.98. The maximum atomic E-state index is 6.22. The maximum Gasteiger partial charge on any atom is 0.0843 e. The summed E-state index contributed by atoms with van der Waals surface area (Å²) in [5, 5.41) is 6.01. The van der Waals surface area contributed by atoms with Crippen LogP contribution in [0.25, 0.3) is 10.9 Å². The number of likely N-dealkylation sites (tertiary alicyclic amines) is 1. The van der Waals surface area contributed by atoms with Crippen LogP contribution in [-0.4, -0.2) is 33.3 Å². The summed E-state index contributed by atoms with van der Waals surface area (Å²) in [7, 11) is 0. The highest BCUT2D eigenvalue weighted by Crippen LogP contribution is 2.26. The molecule has 0 unspecified atom stereocenters. The summed E-state index contributed by atoms with van der Waals surface area (Å²) < 4.78 is 2.08. The number of rotatable bonds is 4. The monoisotopic (exact) mass is 258 g/mol. The van der Waals surface area contributed by atoms with Gasteiger partial charge in [-0.05, 0) is 19.4 Å². The topological polar surface area (TPSA) is 47.1 Å². The van der Waals surface area contributed by atoms with E-state index < -0.39 is 0 Å². The van der Waals surface area contributed by atoms with Crippen LogP contribution in [0.15, 0.2) is 24.3 Å². The number of hydrogen-bond donors (Lipinski definition) is 1. The molecule has 0 spiro atoms. The van der Waals surface area contributed by atoms with Crippen molar-refractivity contribution in [2.45, 2.75) is 38.9 Å². The zero-order valence-corrected chi connectivity index (χ0v) is 11.8. The summed E-state index contributed by atoms with van der Waals surface area (Å²) in [4.78, 5) is 2.39. The van der Waals surface area contributed by atoms with Gasteiger partial charge in [0, 0.05) is 37.1 Å². The van der Waals surface area contributed by atoms with Crippen LogP contribution < -0.4 is 5.73 Å². The molecule has 1 aliphatic rings. The van der Waals surface area contributed by atoms with Gasteiger partial charge in [0.1, 0.15) is 0 Å². The molecule has 19 heavy (non-hydrogen) atoms. The van der Waals surface area contributed by atoms with E-state index in [0.717, 1.165) is 32.6 Å². The second kappa shape index (κ2) is 4.62. The lowest BCUT2D eigenvalue weighted by molar-refractivity contribution is 0.0597. The van der Waals surface area contributed by atoms with Crippen molar-refractivity contribution in [3.05, 3.63) is 30.0 Å². The van der Waals surface area contributed by atoms with Crippen molar-refractivity contribution >= 4 is 10.9 Å². The lowest BCUT2D eigenvalue weighted by Gasteiger charge is -2.47. The molecule has 0 saturated carbocycles. The van der Waals surface area contributed by atoms with E-state index in [1.807, 2.05) is 0 Å². The third-order valence-corrected chi connectivity index (χ3v) is 4.19. The summed E-state index contributed by atoms with van der Waals surface area (Å²) in [6, 6.07) is 8.47. The molecular formula is C15H22N4. The van der Waals surface area contributed by atoms with Gasteiger partial charge in [0.15, 0.2) is 0 Å². The third kappa shape index (κ3) is 2.15. The average molecular weight is 258 g/mol. The Labute approximate surface area is 114 Å². The first-order valence-electron chi connectivity index (χ1n) is 7.11. The van der Waals surface area contributed by atoms with Crippen LogP contribution >= 0.6 is 0 Å². The Bertz CT molecular complexity index is 581. The van der Waals surface area contributed by atoms with E-state index in [-0.39, 0.29) is 5.54 Å². The summed E-state index contributed by atoms with van der Waals surface area (Å²) in [5.41, 5.74) is 8.66. The van der Waals surface area contributed by atoms with E-state index in [9.17, 15) is 0 Å². The normalized spacial score (nSPS) is 18.7. The number of nitrogens with two attached hydrogens (primary N) is 1. The van der Waals surface area contributed by atoms with E-state index in [4.69, 9.17) is 10.8 Å². The van der Waals surface area contributed by atoms with Gasteiger partial charge in [0.2, 0.25) is 0 Å². The predicted molar refractivity (Wildman–Crippen MR) is 77.9 cm³/mol.